The van der Waals surface area contributed by atoms with Gasteiger partial charge in [0.1, 0.15) is 6.04 Å². The Morgan fingerprint density at radius 3 is 2.30 bits per heavy atom. The molecule has 0 aliphatic rings. The van der Waals surface area contributed by atoms with Crippen molar-refractivity contribution in [3.8, 4) is 0 Å². The molecule has 0 spiro atoms. The van der Waals surface area contributed by atoms with Gasteiger partial charge in [-0.05, 0) is 51.3 Å². The molecule has 0 unspecified atom stereocenters. The van der Waals surface area contributed by atoms with Crippen LogP contribution >= 0.6 is 0 Å². The van der Waals surface area contributed by atoms with Crippen LogP contribution in [0.4, 0.5) is 0 Å². The van der Waals surface area contributed by atoms with Crippen molar-refractivity contribution in [1.82, 2.24) is 10.2 Å². The van der Waals surface area contributed by atoms with E-state index in [0.29, 0.717) is 13.0 Å². The van der Waals surface area contributed by atoms with Gasteiger partial charge in [-0.2, -0.15) is 0 Å². The Bertz CT molecular complexity index is 784. The number of rotatable bonds is 7. The zero-order chi connectivity index (χ0) is 20.0. The first kappa shape index (κ1) is 20.7. The molecule has 2 aromatic rings. The zero-order valence-corrected chi connectivity index (χ0v) is 17.0. The Hall–Kier alpha value is -2.62. The van der Waals surface area contributed by atoms with Crippen LogP contribution in [0.3, 0.4) is 0 Å². The monoisotopic (exact) mass is 366 g/mol. The van der Waals surface area contributed by atoms with Crippen LogP contribution in [-0.4, -0.2) is 28.8 Å². The Kier molecular flexibility index (Phi) is 7.17. The van der Waals surface area contributed by atoms with E-state index in [1.165, 1.54) is 0 Å². The topological polar surface area (TPSA) is 49.4 Å². The summed E-state index contributed by atoms with van der Waals surface area (Å²) in [6, 6.07) is 15.4. The lowest BCUT2D eigenvalue weighted by Gasteiger charge is -2.29. The number of nitrogens with one attached hydrogen (secondary N) is 1. The molecule has 0 aliphatic carbocycles. The van der Waals surface area contributed by atoms with E-state index in [4.69, 9.17) is 0 Å². The highest BCUT2D eigenvalue weighted by atomic mass is 16.2. The third kappa shape index (κ3) is 5.95. The summed E-state index contributed by atoms with van der Waals surface area (Å²) >= 11 is 0. The summed E-state index contributed by atoms with van der Waals surface area (Å²) in [6.45, 7) is 10.1. The minimum absolute atomic E-state index is 0.0349. The van der Waals surface area contributed by atoms with Gasteiger partial charge < -0.3 is 10.2 Å². The molecule has 2 aromatic carbocycles. The Labute approximate surface area is 162 Å². The van der Waals surface area contributed by atoms with Crippen molar-refractivity contribution in [1.29, 1.82) is 0 Å². The number of nitrogens with zero attached hydrogens (tertiary/aromatic N) is 1. The fourth-order valence-corrected chi connectivity index (χ4v) is 3.02. The first-order chi connectivity index (χ1) is 12.8. The number of carbonyl (C=O) groups is 2. The minimum atomic E-state index is -0.537. The predicted molar refractivity (Wildman–Crippen MR) is 109 cm³/mol. The molecule has 1 N–H and O–H groups in total. The Morgan fingerprint density at radius 1 is 1.00 bits per heavy atom. The summed E-state index contributed by atoms with van der Waals surface area (Å²) in [6.07, 6.45) is 0.291. The van der Waals surface area contributed by atoms with Crippen LogP contribution < -0.4 is 5.32 Å². The van der Waals surface area contributed by atoms with Crippen molar-refractivity contribution in [2.45, 2.75) is 59.7 Å². The van der Waals surface area contributed by atoms with E-state index in [-0.39, 0.29) is 17.9 Å². The average Bonchev–Trinajstić information content (AvgIpc) is 2.62. The van der Waals surface area contributed by atoms with Crippen molar-refractivity contribution in [2.24, 2.45) is 0 Å². The highest BCUT2D eigenvalue weighted by molar-refractivity contribution is 5.88. The molecule has 4 heteroatoms. The summed E-state index contributed by atoms with van der Waals surface area (Å²) in [5.41, 5.74) is 4.24. The highest BCUT2D eigenvalue weighted by Crippen LogP contribution is 2.16. The van der Waals surface area contributed by atoms with Crippen molar-refractivity contribution >= 4 is 11.8 Å². The first-order valence-corrected chi connectivity index (χ1v) is 9.48. The van der Waals surface area contributed by atoms with Gasteiger partial charge in [0.25, 0.3) is 0 Å². The molecule has 0 radical (unpaired) electrons. The van der Waals surface area contributed by atoms with Crippen LogP contribution in [0.2, 0.25) is 0 Å². The molecule has 0 heterocycles. The molecule has 0 bridgehead atoms. The quantitative estimate of drug-likeness (QED) is 0.810. The van der Waals surface area contributed by atoms with Crippen molar-refractivity contribution in [3.63, 3.8) is 0 Å². The number of amides is 2. The summed E-state index contributed by atoms with van der Waals surface area (Å²) in [5.74, 6) is -0.172. The predicted octanol–water partition coefficient (Wildman–Crippen LogP) is 3.79. The van der Waals surface area contributed by atoms with Gasteiger partial charge in [-0.15, -0.1) is 0 Å². The number of carbonyl (C=O) groups excluding carboxylic acids is 2. The third-order valence-electron chi connectivity index (χ3n) is 4.64. The number of hydrogen-bond acceptors (Lipinski definition) is 2. The maximum Gasteiger partial charge on any atom is 0.242 e. The van der Waals surface area contributed by atoms with Gasteiger partial charge in [0.2, 0.25) is 11.8 Å². The standard InChI is InChI=1S/C23H30N2O2/c1-16(2)24-23(27)19(5)25(15-20-9-7-6-8-10-20)22(26)14-21-13-17(3)11-12-18(21)4/h6-13,16,19H,14-15H2,1-5H3,(H,24,27)/t19-/m1/s1. The van der Waals surface area contributed by atoms with E-state index in [0.717, 1.165) is 22.3 Å². The Balaban J connectivity index is 2.25. The molecule has 1 atom stereocenters. The van der Waals surface area contributed by atoms with Gasteiger partial charge in [0, 0.05) is 12.6 Å². The van der Waals surface area contributed by atoms with E-state index in [2.05, 4.69) is 5.32 Å². The second kappa shape index (κ2) is 9.36. The largest absolute Gasteiger partial charge is 0.352 e. The highest BCUT2D eigenvalue weighted by Gasteiger charge is 2.26. The second-order valence-electron chi connectivity index (χ2n) is 7.45. The van der Waals surface area contributed by atoms with E-state index in [1.54, 1.807) is 11.8 Å². The molecular weight excluding hydrogens is 336 g/mol. The molecule has 4 nitrogen and oxygen atoms in total. The van der Waals surface area contributed by atoms with Crippen LogP contribution in [0.5, 0.6) is 0 Å². The van der Waals surface area contributed by atoms with Crippen molar-refractivity contribution < 1.29 is 9.59 Å². The van der Waals surface area contributed by atoms with E-state index >= 15 is 0 Å². The molecular formula is C23H30N2O2. The Morgan fingerprint density at radius 2 is 1.67 bits per heavy atom. The van der Waals surface area contributed by atoms with E-state index < -0.39 is 6.04 Å². The maximum absolute atomic E-state index is 13.2. The summed E-state index contributed by atoms with van der Waals surface area (Å²) in [5, 5.41) is 2.92. The molecule has 2 amide bonds. The summed E-state index contributed by atoms with van der Waals surface area (Å²) in [4.78, 5) is 27.4. The van der Waals surface area contributed by atoms with Gasteiger partial charge in [0.05, 0.1) is 6.42 Å². The fraction of sp³-hybridized carbons (Fsp3) is 0.391. The van der Waals surface area contributed by atoms with Gasteiger partial charge in [-0.1, -0.05) is 54.1 Å². The van der Waals surface area contributed by atoms with E-state index in [1.807, 2.05) is 76.2 Å². The molecule has 0 aliphatic heterocycles. The molecule has 0 fully saturated rings. The van der Waals surface area contributed by atoms with Crippen LogP contribution in [-0.2, 0) is 22.6 Å². The second-order valence-corrected chi connectivity index (χ2v) is 7.45. The van der Waals surface area contributed by atoms with Gasteiger partial charge in [-0.25, -0.2) is 0 Å². The molecule has 0 saturated carbocycles. The molecule has 27 heavy (non-hydrogen) atoms. The van der Waals surface area contributed by atoms with Gasteiger partial charge in [-0.3, -0.25) is 9.59 Å². The zero-order valence-electron chi connectivity index (χ0n) is 17.0. The number of aryl methyl sites for hydroxylation is 2. The molecule has 144 valence electrons. The van der Waals surface area contributed by atoms with Crippen molar-refractivity contribution in [2.75, 3.05) is 0 Å². The first-order valence-electron chi connectivity index (χ1n) is 9.48. The summed E-state index contributed by atoms with van der Waals surface area (Å²) in [7, 11) is 0. The lowest BCUT2D eigenvalue weighted by Crippen LogP contribution is -2.49. The van der Waals surface area contributed by atoms with Crippen LogP contribution in [0.1, 0.15) is 43.0 Å². The van der Waals surface area contributed by atoms with Crippen LogP contribution in [0.25, 0.3) is 0 Å². The lowest BCUT2D eigenvalue weighted by atomic mass is 10.0. The van der Waals surface area contributed by atoms with Gasteiger partial charge in [0.15, 0.2) is 0 Å². The van der Waals surface area contributed by atoms with E-state index in [9.17, 15) is 9.59 Å². The smallest absolute Gasteiger partial charge is 0.242 e. The molecule has 0 aromatic heterocycles. The lowest BCUT2D eigenvalue weighted by molar-refractivity contribution is -0.140. The summed E-state index contributed by atoms with van der Waals surface area (Å²) < 4.78 is 0. The molecule has 2 rings (SSSR count). The molecule has 0 saturated heterocycles. The van der Waals surface area contributed by atoms with Crippen LogP contribution in [0.15, 0.2) is 48.5 Å². The fourth-order valence-electron chi connectivity index (χ4n) is 3.02. The third-order valence-corrected chi connectivity index (χ3v) is 4.64. The van der Waals surface area contributed by atoms with Gasteiger partial charge >= 0.3 is 0 Å². The normalized spacial score (nSPS) is 11.9. The number of hydrogen-bond donors (Lipinski definition) is 1. The number of benzene rings is 2. The minimum Gasteiger partial charge on any atom is -0.352 e. The average molecular weight is 367 g/mol. The SMILES string of the molecule is Cc1ccc(C)c(CC(=O)N(Cc2ccccc2)[C@H](C)C(=O)NC(C)C)c1. The van der Waals surface area contributed by atoms with Crippen molar-refractivity contribution in [3.05, 3.63) is 70.8 Å². The van der Waals surface area contributed by atoms with Crippen LogP contribution in [0, 0.1) is 13.8 Å². The maximum atomic E-state index is 13.2.